The molecule has 11 heteroatoms. The number of benzene rings is 1. The Labute approximate surface area is 197 Å². The molecule has 32 heavy (non-hydrogen) atoms. The number of rotatable bonds is 6. The summed E-state index contributed by atoms with van der Waals surface area (Å²) in [4.78, 5) is 23.5. The number of nitrogens with one attached hydrogen (secondary N) is 1. The van der Waals surface area contributed by atoms with Crippen LogP contribution in [0.2, 0.25) is 5.02 Å². The van der Waals surface area contributed by atoms with Crippen molar-refractivity contribution in [3.8, 4) is 11.1 Å². The second-order valence-electron chi connectivity index (χ2n) is 7.26. The van der Waals surface area contributed by atoms with Crippen molar-refractivity contribution in [1.82, 2.24) is 24.7 Å². The van der Waals surface area contributed by atoms with Gasteiger partial charge in [0.15, 0.2) is 5.16 Å². The van der Waals surface area contributed by atoms with Crippen molar-refractivity contribution in [2.45, 2.75) is 24.4 Å². The Hall–Kier alpha value is -2.40. The van der Waals surface area contributed by atoms with E-state index in [1.807, 2.05) is 29.6 Å². The fourth-order valence-corrected chi connectivity index (χ4v) is 5.66. The van der Waals surface area contributed by atoms with E-state index in [9.17, 15) is 4.79 Å². The van der Waals surface area contributed by atoms with E-state index in [0.29, 0.717) is 35.2 Å². The van der Waals surface area contributed by atoms with Crippen molar-refractivity contribution in [2.75, 3.05) is 31.2 Å². The molecule has 5 rings (SSSR count). The zero-order chi connectivity index (χ0) is 22.1. The molecule has 0 aliphatic carbocycles. The normalized spacial score (nSPS) is 14.4. The lowest BCUT2D eigenvalue weighted by Crippen LogP contribution is -2.38. The lowest BCUT2D eigenvalue weighted by Gasteiger charge is -2.27. The van der Waals surface area contributed by atoms with Gasteiger partial charge >= 0.3 is 0 Å². The summed E-state index contributed by atoms with van der Waals surface area (Å²) in [5.41, 5.74) is 1.68. The molecule has 4 aromatic rings. The van der Waals surface area contributed by atoms with Crippen LogP contribution >= 0.6 is 34.7 Å². The number of thioether (sulfide) groups is 1. The molecule has 0 spiro atoms. The van der Waals surface area contributed by atoms with Crippen LogP contribution in [0.4, 0.5) is 5.95 Å². The van der Waals surface area contributed by atoms with Crippen molar-refractivity contribution in [3.63, 3.8) is 0 Å². The van der Waals surface area contributed by atoms with Gasteiger partial charge in [-0.3, -0.25) is 9.36 Å². The highest BCUT2D eigenvalue weighted by Gasteiger charge is 2.20. The monoisotopic (exact) mass is 488 g/mol. The Bertz CT molecular complexity index is 1290. The smallest absolute Gasteiger partial charge is 0.260 e. The fourth-order valence-electron chi connectivity index (χ4n) is 3.70. The first-order chi connectivity index (χ1) is 15.6. The molecule has 1 aromatic carbocycles. The summed E-state index contributed by atoms with van der Waals surface area (Å²) in [7, 11) is 0. The highest BCUT2D eigenvalue weighted by atomic mass is 35.5. The number of anilines is 1. The van der Waals surface area contributed by atoms with Crippen LogP contribution in [0.3, 0.4) is 0 Å². The SMILES string of the molecule is CCn1c(SCc2nc3scc(-c4ccc(Cl)cc4)c3c(=O)[nH]2)nnc1N1CCOCC1. The highest BCUT2D eigenvalue weighted by Crippen LogP contribution is 2.32. The minimum Gasteiger partial charge on any atom is -0.378 e. The van der Waals surface area contributed by atoms with E-state index in [1.54, 1.807) is 0 Å². The number of morpholine rings is 1. The largest absolute Gasteiger partial charge is 0.378 e. The summed E-state index contributed by atoms with van der Waals surface area (Å²) in [6, 6.07) is 7.47. The maximum atomic E-state index is 12.9. The van der Waals surface area contributed by atoms with Crippen LogP contribution in [-0.2, 0) is 17.0 Å². The van der Waals surface area contributed by atoms with Gasteiger partial charge in [0.2, 0.25) is 5.95 Å². The molecule has 166 valence electrons. The summed E-state index contributed by atoms with van der Waals surface area (Å²) in [5, 5.41) is 12.8. The molecule has 8 nitrogen and oxygen atoms in total. The van der Waals surface area contributed by atoms with E-state index in [1.165, 1.54) is 23.1 Å². The topological polar surface area (TPSA) is 88.9 Å². The number of aromatic amines is 1. The van der Waals surface area contributed by atoms with Gasteiger partial charge in [-0.2, -0.15) is 0 Å². The summed E-state index contributed by atoms with van der Waals surface area (Å²) in [6.07, 6.45) is 0. The minimum atomic E-state index is -0.136. The van der Waals surface area contributed by atoms with Gasteiger partial charge < -0.3 is 14.6 Å². The molecule has 1 saturated heterocycles. The average Bonchev–Trinajstić information content (AvgIpc) is 3.43. The zero-order valence-corrected chi connectivity index (χ0v) is 19.8. The van der Waals surface area contributed by atoms with Gasteiger partial charge in [-0.15, -0.1) is 21.5 Å². The fraction of sp³-hybridized carbons (Fsp3) is 0.333. The van der Waals surface area contributed by atoms with E-state index < -0.39 is 0 Å². The number of halogens is 1. The van der Waals surface area contributed by atoms with E-state index >= 15 is 0 Å². The minimum absolute atomic E-state index is 0.136. The van der Waals surface area contributed by atoms with Gasteiger partial charge in [0, 0.05) is 35.6 Å². The first-order valence-corrected chi connectivity index (χ1v) is 12.5. The van der Waals surface area contributed by atoms with Crippen LogP contribution < -0.4 is 10.5 Å². The van der Waals surface area contributed by atoms with Crippen molar-refractivity contribution in [2.24, 2.45) is 0 Å². The first kappa shape index (κ1) is 21.4. The zero-order valence-electron chi connectivity index (χ0n) is 17.4. The van der Waals surface area contributed by atoms with Gasteiger partial charge in [0.05, 0.1) is 24.4 Å². The number of hydrogen-bond donors (Lipinski definition) is 1. The van der Waals surface area contributed by atoms with Gasteiger partial charge in [-0.05, 0) is 24.6 Å². The van der Waals surface area contributed by atoms with Crippen LogP contribution in [0.1, 0.15) is 12.7 Å². The molecule has 1 N–H and O–H groups in total. The number of ether oxygens (including phenoxy) is 1. The third-order valence-electron chi connectivity index (χ3n) is 5.29. The Morgan fingerprint density at radius 2 is 2.00 bits per heavy atom. The van der Waals surface area contributed by atoms with Crippen molar-refractivity contribution >= 4 is 50.9 Å². The average molecular weight is 489 g/mol. The Morgan fingerprint density at radius 1 is 1.22 bits per heavy atom. The number of hydrogen-bond acceptors (Lipinski definition) is 8. The quantitative estimate of drug-likeness (QED) is 0.409. The van der Waals surface area contributed by atoms with Crippen LogP contribution in [0, 0.1) is 0 Å². The Kier molecular flexibility index (Phi) is 6.18. The number of aromatic nitrogens is 5. The number of thiophene rings is 1. The Morgan fingerprint density at radius 3 is 2.75 bits per heavy atom. The molecule has 0 atom stereocenters. The molecule has 0 amide bonds. The predicted octanol–water partition coefficient (Wildman–Crippen LogP) is 4.05. The Balaban J connectivity index is 1.38. The standard InChI is InChI=1S/C21H21ClN6O2S2/c1-2-28-20(27-7-9-30-10-8-27)25-26-21(28)32-12-16-23-18(29)17-15(11-31-19(17)24-16)13-3-5-14(22)6-4-13/h3-6,11H,2,7-10,12H2,1H3,(H,23,24,29). The van der Waals surface area contributed by atoms with E-state index in [2.05, 4.69) is 31.6 Å². The molecular formula is C21H21ClN6O2S2. The number of nitrogens with zero attached hydrogens (tertiary/aromatic N) is 5. The maximum Gasteiger partial charge on any atom is 0.260 e. The molecular weight excluding hydrogens is 468 g/mol. The van der Waals surface area contributed by atoms with Crippen LogP contribution in [0.25, 0.3) is 21.3 Å². The molecule has 1 aliphatic rings. The third-order valence-corrected chi connectivity index (χ3v) is 7.40. The predicted molar refractivity (Wildman–Crippen MR) is 129 cm³/mol. The molecule has 3 aromatic heterocycles. The molecule has 1 aliphatic heterocycles. The van der Waals surface area contributed by atoms with Gasteiger partial charge in [0.25, 0.3) is 5.56 Å². The summed E-state index contributed by atoms with van der Waals surface area (Å²) >= 11 is 8.99. The lowest BCUT2D eigenvalue weighted by molar-refractivity contribution is 0.121. The third kappa shape index (κ3) is 4.15. The molecule has 1 fully saturated rings. The molecule has 0 unspecified atom stereocenters. The second kappa shape index (κ2) is 9.22. The van der Waals surface area contributed by atoms with Crippen molar-refractivity contribution < 1.29 is 4.74 Å². The van der Waals surface area contributed by atoms with E-state index in [-0.39, 0.29) is 5.56 Å². The highest BCUT2D eigenvalue weighted by molar-refractivity contribution is 7.98. The molecule has 0 radical (unpaired) electrons. The summed E-state index contributed by atoms with van der Waals surface area (Å²) < 4.78 is 7.53. The second-order valence-corrected chi connectivity index (χ2v) is 9.50. The van der Waals surface area contributed by atoms with Gasteiger partial charge in [-0.25, -0.2) is 4.98 Å². The van der Waals surface area contributed by atoms with Crippen LogP contribution in [0.15, 0.2) is 39.6 Å². The summed E-state index contributed by atoms with van der Waals surface area (Å²) in [6.45, 7) is 5.85. The molecule has 0 bridgehead atoms. The van der Waals surface area contributed by atoms with Crippen LogP contribution in [-0.4, -0.2) is 51.0 Å². The van der Waals surface area contributed by atoms with Gasteiger partial charge in [-0.1, -0.05) is 35.5 Å². The van der Waals surface area contributed by atoms with Crippen LogP contribution in [0.5, 0.6) is 0 Å². The van der Waals surface area contributed by atoms with Crippen molar-refractivity contribution in [1.29, 1.82) is 0 Å². The number of H-pyrrole nitrogens is 1. The molecule has 0 saturated carbocycles. The van der Waals surface area contributed by atoms with Crippen molar-refractivity contribution in [3.05, 3.63) is 50.8 Å². The van der Waals surface area contributed by atoms with Gasteiger partial charge in [0.1, 0.15) is 10.7 Å². The van der Waals surface area contributed by atoms with E-state index in [0.717, 1.165) is 46.7 Å². The molecule has 4 heterocycles. The maximum absolute atomic E-state index is 12.9. The number of fused-ring (bicyclic) bond motifs is 1. The lowest BCUT2D eigenvalue weighted by atomic mass is 10.1. The first-order valence-electron chi connectivity index (χ1n) is 10.3. The summed E-state index contributed by atoms with van der Waals surface area (Å²) in [5.74, 6) is 1.98. The van der Waals surface area contributed by atoms with E-state index in [4.69, 9.17) is 21.3 Å².